The molecule has 8 nitrogen and oxygen atoms in total. The van der Waals surface area contributed by atoms with Crippen LogP contribution in [0.4, 0.5) is 0 Å². The van der Waals surface area contributed by atoms with Gasteiger partial charge in [0.25, 0.3) is 0 Å². The van der Waals surface area contributed by atoms with E-state index in [4.69, 9.17) is 18.1 Å². The average Bonchev–Trinajstić information content (AvgIpc) is 3.25. The first kappa shape index (κ1) is 56.2. The van der Waals surface area contributed by atoms with Crippen molar-refractivity contribution in [3.8, 4) is 23.0 Å². The van der Waals surface area contributed by atoms with E-state index in [1.165, 1.54) is 77.0 Å². The predicted octanol–water partition coefficient (Wildman–Crippen LogP) is 15.3. The number of rotatable bonds is 32. The van der Waals surface area contributed by atoms with Gasteiger partial charge in [-0.25, -0.2) is 9.13 Å². The van der Waals surface area contributed by atoms with Gasteiger partial charge in [-0.1, -0.05) is 203 Å². The summed E-state index contributed by atoms with van der Waals surface area (Å²) in [6.07, 6.45) is 26.4. The van der Waals surface area contributed by atoms with Crippen LogP contribution in [0.15, 0.2) is 97.1 Å². The quantitative estimate of drug-likeness (QED) is 0.0270. The molecule has 11 heteroatoms. The molecule has 0 aromatic heterocycles. The Bertz CT molecular complexity index is 1630. The van der Waals surface area contributed by atoms with Gasteiger partial charge in [0.15, 0.2) is 0 Å². The molecule has 0 bridgehead atoms. The third-order valence-corrected chi connectivity index (χ3v) is 12.6. The summed E-state index contributed by atoms with van der Waals surface area (Å²) in [6.45, 7) is 8.78. The molecule has 0 aliphatic heterocycles. The summed E-state index contributed by atoms with van der Waals surface area (Å²) in [5, 5.41) is 0. The van der Waals surface area contributed by atoms with E-state index in [1.807, 2.05) is 48.5 Å². The first-order valence-corrected chi connectivity index (χ1v) is 26.8. The van der Waals surface area contributed by atoms with Gasteiger partial charge in [0.1, 0.15) is 23.0 Å². The molecular formula is C52H76O8P2Zn. The van der Waals surface area contributed by atoms with Gasteiger partial charge in [-0.2, -0.15) is 0 Å². The molecule has 4 rings (SSSR count). The number of hydrogen-bond acceptors (Lipinski definition) is 8. The maximum Gasteiger partial charge on any atom is 2.00 e. The minimum atomic E-state index is -4.54. The molecule has 344 valence electrons. The summed E-state index contributed by atoms with van der Waals surface area (Å²) in [4.78, 5) is 25.4. The number of aryl methyl sites for hydroxylation is 4. The van der Waals surface area contributed by atoms with Crippen LogP contribution in [0.2, 0.25) is 0 Å². The Morgan fingerprint density at radius 3 is 0.730 bits per heavy atom. The fourth-order valence-corrected chi connectivity index (χ4v) is 9.14. The summed E-state index contributed by atoms with van der Waals surface area (Å²) in [6, 6.07) is 29.4. The van der Waals surface area contributed by atoms with Crippen molar-refractivity contribution >= 4 is 15.6 Å². The molecule has 0 aliphatic rings. The van der Waals surface area contributed by atoms with Crippen LogP contribution in [-0.2, 0) is 54.3 Å². The van der Waals surface area contributed by atoms with Crippen LogP contribution >= 0.6 is 15.6 Å². The van der Waals surface area contributed by atoms with Crippen molar-refractivity contribution in [3.63, 3.8) is 0 Å². The smallest absolute Gasteiger partial charge is 0.736 e. The summed E-state index contributed by atoms with van der Waals surface area (Å²) < 4.78 is 47.0. The number of para-hydroxylation sites is 4. The third-order valence-electron chi connectivity index (χ3n) is 10.9. The fourth-order valence-electron chi connectivity index (χ4n) is 7.39. The summed E-state index contributed by atoms with van der Waals surface area (Å²) in [5.74, 6) is 1.48. The van der Waals surface area contributed by atoms with Gasteiger partial charge in [0.2, 0.25) is 0 Å². The van der Waals surface area contributed by atoms with Crippen LogP contribution in [0.1, 0.15) is 178 Å². The SMILES string of the molecule is CCCCCCCc1ccccc1OP(=O)([O-])Oc1ccccc1CCCCCCC.CCCCCCCc1ccccc1OP(=O)([O-])Oc1ccccc1CCCCCCC.[Zn+2]. The van der Waals surface area contributed by atoms with Crippen LogP contribution in [0, 0.1) is 0 Å². The Balaban J connectivity index is 0.000000427. The second kappa shape index (κ2) is 33.5. The molecule has 0 fully saturated rings. The van der Waals surface area contributed by atoms with Crippen molar-refractivity contribution in [1.29, 1.82) is 0 Å². The van der Waals surface area contributed by atoms with Gasteiger partial charge in [-0.15, -0.1) is 0 Å². The van der Waals surface area contributed by atoms with E-state index in [1.54, 1.807) is 48.5 Å². The molecule has 4 aromatic carbocycles. The topological polar surface area (TPSA) is 117 Å². The first-order valence-electron chi connectivity index (χ1n) is 23.8. The Hall–Kier alpha value is -2.92. The maximum absolute atomic E-state index is 12.7. The standard InChI is InChI=1S/2C26H39O4P.Zn/c2*1-3-5-7-9-11-17-23-19-13-15-21-25(23)29-31(27,28)30-26-22-16-14-20-24(26)18-12-10-8-6-4-2;/h2*13-16,19-22H,3-12,17-18H2,1-2H3,(H,27,28);/q;;+2/p-2. The first-order chi connectivity index (χ1) is 30.1. The van der Waals surface area contributed by atoms with Crippen molar-refractivity contribution in [2.45, 2.75) is 182 Å². The van der Waals surface area contributed by atoms with Crippen LogP contribution < -0.4 is 27.9 Å². The third kappa shape index (κ3) is 24.3. The summed E-state index contributed by atoms with van der Waals surface area (Å²) in [5.41, 5.74) is 3.62. The number of benzene rings is 4. The Labute approximate surface area is 394 Å². The molecule has 0 radical (unpaired) electrons. The van der Waals surface area contributed by atoms with Gasteiger partial charge in [0.05, 0.1) is 0 Å². The fraction of sp³-hybridized carbons (Fsp3) is 0.538. The molecule has 0 aliphatic carbocycles. The van der Waals surface area contributed by atoms with E-state index in [0.717, 1.165) is 99.3 Å². The van der Waals surface area contributed by atoms with Gasteiger partial charge in [-0.3, -0.25) is 0 Å². The Kier molecular flexibility index (Phi) is 29.9. The van der Waals surface area contributed by atoms with Crippen molar-refractivity contribution in [2.24, 2.45) is 0 Å². The molecule has 63 heavy (non-hydrogen) atoms. The second-order valence-electron chi connectivity index (χ2n) is 16.3. The van der Waals surface area contributed by atoms with Gasteiger partial charge < -0.3 is 27.9 Å². The van der Waals surface area contributed by atoms with E-state index >= 15 is 0 Å². The molecule has 0 N–H and O–H groups in total. The van der Waals surface area contributed by atoms with Crippen LogP contribution in [0.25, 0.3) is 0 Å². The van der Waals surface area contributed by atoms with Gasteiger partial charge >= 0.3 is 35.1 Å². The van der Waals surface area contributed by atoms with Crippen molar-refractivity contribution in [3.05, 3.63) is 119 Å². The largest absolute Gasteiger partial charge is 2.00 e. The van der Waals surface area contributed by atoms with Crippen molar-refractivity contribution < 1.29 is 56.5 Å². The minimum absolute atomic E-state index is 0. The molecule has 0 saturated carbocycles. The maximum atomic E-state index is 12.7. The number of phosphoric acid groups is 2. The average molecular weight is 957 g/mol. The van der Waals surface area contributed by atoms with Gasteiger partial charge in [-0.05, 0) is 97.9 Å². The molecule has 0 atom stereocenters. The Morgan fingerprint density at radius 1 is 0.333 bits per heavy atom. The van der Waals surface area contributed by atoms with Crippen molar-refractivity contribution in [2.75, 3.05) is 0 Å². The number of unbranched alkanes of at least 4 members (excludes halogenated alkanes) is 16. The molecule has 0 heterocycles. The van der Waals surface area contributed by atoms with E-state index in [-0.39, 0.29) is 19.5 Å². The van der Waals surface area contributed by atoms with Crippen molar-refractivity contribution in [1.82, 2.24) is 0 Å². The molecular weight excluding hydrogens is 880 g/mol. The van der Waals surface area contributed by atoms with E-state index < -0.39 is 15.6 Å². The molecule has 0 spiro atoms. The number of hydrogen-bond donors (Lipinski definition) is 0. The number of phosphoric ester groups is 2. The van der Waals surface area contributed by atoms with Crippen LogP contribution in [0.3, 0.4) is 0 Å². The molecule has 4 aromatic rings. The van der Waals surface area contributed by atoms with E-state index in [2.05, 4.69) is 27.7 Å². The Morgan fingerprint density at radius 2 is 0.524 bits per heavy atom. The molecule has 0 amide bonds. The second-order valence-corrected chi connectivity index (χ2v) is 18.9. The zero-order chi connectivity index (χ0) is 44.7. The van der Waals surface area contributed by atoms with E-state index in [9.17, 15) is 18.9 Å². The van der Waals surface area contributed by atoms with Crippen LogP contribution in [-0.4, -0.2) is 0 Å². The normalized spacial score (nSPS) is 11.3. The van der Waals surface area contributed by atoms with Gasteiger partial charge in [0, 0.05) is 0 Å². The molecule has 0 unspecified atom stereocenters. The zero-order valence-corrected chi connectivity index (χ0v) is 43.8. The summed E-state index contributed by atoms with van der Waals surface area (Å²) in [7, 11) is -9.08. The van der Waals surface area contributed by atoms with E-state index in [0.29, 0.717) is 23.0 Å². The zero-order valence-electron chi connectivity index (χ0n) is 39.1. The van der Waals surface area contributed by atoms with Crippen LogP contribution in [0.5, 0.6) is 23.0 Å². The minimum Gasteiger partial charge on any atom is -0.736 e. The summed E-state index contributed by atoms with van der Waals surface area (Å²) >= 11 is 0. The molecule has 0 saturated heterocycles. The predicted molar refractivity (Wildman–Crippen MR) is 253 cm³/mol. The monoisotopic (exact) mass is 954 g/mol.